The molecule has 0 N–H and O–H groups in total. The Morgan fingerprint density at radius 2 is 1.83 bits per heavy atom. The zero-order chi connectivity index (χ0) is 21.1. The Bertz CT molecular complexity index is 926. The van der Waals surface area contributed by atoms with Crippen LogP contribution in [0.3, 0.4) is 0 Å². The van der Waals surface area contributed by atoms with Crippen LogP contribution in [0.1, 0.15) is 24.8 Å². The molecule has 0 atom stereocenters. The molecule has 2 aliphatic heterocycles. The molecule has 2 heterocycles. The van der Waals surface area contributed by atoms with Crippen LogP contribution in [0.2, 0.25) is 0 Å². The monoisotopic (exact) mass is 471 g/mol. The van der Waals surface area contributed by atoms with Gasteiger partial charge in [-0.15, -0.1) is 0 Å². The summed E-state index contributed by atoms with van der Waals surface area (Å²) in [5.41, 5.74) is 2.94. The highest BCUT2D eigenvalue weighted by molar-refractivity contribution is 9.10. The first-order chi connectivity index (χ1) is 14.5. The number of likely N-dealkylation sites (N-methyl/N-ethyl adjacent to an activating group) is 1. The van der Waals surface area contributed by atoms with Gasteiger partial charge >= 0.3 is 0 Å². The molecule has 2 aromatic carbocycles. The number of rotatable bonds is 5. The molecular formula is C23H26BrN3O3. The second-order valence-corrected chi connectivity index (χ2v) is 8.76. The van der Waals surface area contributed by atoms with Crippen LogP contribution in [0.15, 0.2) is 46.9 Å². The zero-order valence-electron chi connectivity index (χ0n) is 17.1. The van der Waals surface area contributed by atoms with E-state index in [-0.39, 0.29) is 25.0 Å². The van der Waals surface area contributed by atoms with Crippen molar-refractivity contribution in [3.05, 3.63) is 52.5 Å². The molecule has 1 fully saturated rings. The molecule has 6 nitrogen and oxygen atoms in total. The molecule has 0 saturated carbocycles. The Balaban J connectivity index is 1.39. The lowest BCUT2D eigenvalue weighted by Gasteiger charge is -2.30. The number of nitrogens with zero attached hydrogens (tertiary/aromatic N) is 3. The second-order valence-electron chi connectivity index (χ2n) is 7.84. The average Bonchev–Trinajstić information content (AvgIpc) is 2.76. The van der Waals surface area contributed by atoms with E-state index in [1.165, 1.54) is 29.8 Å². The first kappa shape index (κ1) is 20.7. The van der Waals surface area contributed by atoms with E-state index in [4.69, 9.17) is 4.74 Å². The van der Waals surface area contributed by atoms with Gasteiger partial charge in [0, 0.05) is 36.8 Å². The summed E-state index contributed by atoms with van der Waals surface area (Å²) >= 11 is 3.41. The van der Waals surface area contributed by atoms with Gasteiger partial charge in [-0.05, 0) is 55.2 Å². The largest absolute Gasteiger partial charge is 0.482 e. The van der Waals surface area contributed by atoms with Crippen molar-refractivity contribution in [1.29, 1.82) is 0 Å². The Morgan fingerprint density at radius 3 is 2.57 bits per heavy atom. The van der Waals surface area contributed by atoms with Gasteiger partial charge in [-0.2, -0.15) is 0 Å². The molecule has 1 saturated heterocycles. The number of ether oxygens (including phenoxy) is 1. The van der Waals surface area contributed by atoms with Gasteiger partial charge in [0.25, 0.3) is 5.91 Å². The van der Waals surface area contributed by atoms with Crippen molar-refractivity contribution in [1.82, 2.24) is 4.90 Å². The predicted molar refractivity (Wildman–Crippen MR) is 121 cm³/mol. The van der Waals surface area contributed by atoms with Gasteiger partial charge in [-0.3, -0.25) is 14.5 Å². The minimum Gasteiger partial charge on any atom is -0.482 e. The molecule has 2 amide bonds. The van der Waals surface area contributed by atoms with Gasteiger partial charge in [-0.25, -0.2) is 0 Å². The number of hydrogen-bond acceptors (Lipinski definition) is 4. The Kier molecular flexibility index (Phi) is 6.27. The van der Waals surface area contributed by atoms with Crippen molar-refractivity contribution >= 4 is 39.1 Å². The van der Waals surface area contributed by atoms with Crippen LogP contribution in [0.25, 0.3) is 0 Å². The van der Waals surface area contributed by atoms with Gasteiger partial charge in [0.15, 0.2) is 6.61 Å². The molecule has 2 aromatic rings. The first-order valence-electron chi connectivity index (χ1n) is 10.3. The van der Waals surface area contributed by atoms with Crippen molar-refractivity contribution in [2.75, 3.05) is 43.1 Å². The van der Waals surface area contributed by atoms with Crippen molar-refractivity contribution in [3.8, 4) is 5.75 Å². The number of benzene rings is 2. The summed E-state index contributed by atoms with van der Waals surface area (Å²) in [6.45, 7) is 2.68. The third-order valence-corrected chi connectivity index (χ3v) is 6.15. The molecule has 0 aromatic heterocycles. The molecule has 0 aliphatic carbocycles. The maximum absolute atomic E-state index is 12.8. The number of hydrogen-bond donors (Lipinski definition) is 0. The SMILES string of the molecule is CN(Cc1ccc(N2CCCCC2)cc1)C(=O)CN1C(=O)COc2cc(Br)ccc21. The van der Waals surface area contributed by atoms with Crippen LogP contribution >= 0.6 is 15.9 Å². The fraction of sp³-hybridized carbons (Fsp3) is 0.391. The van der Waals surface area contributed by atoms with Crippen molar-refractivity contribution in [3.63, 3.8) is 0 Å². The van der Waals surface area contributed by atoms with Crippen LogP contribution < -0.4 is 14.5 Å². The van der Waals surface area contributed by atoms with Gasteiger partial charge in [-0.1, -0.05) is 28.1 Å². The topological polar surface area (TPSA) is 53.1 Å². The van der Waals surface area contributed by atoms with Crippen LogP contribution in [-0.2, 0) is 16.1 Å². The van der Waals surface area contributed by atoms with E-state index in [1.54, 1.807) is 18.0 Å². The minimum atomic E-state index is -0.211. The molecule has 158 valence electrons. The molecular weight excluding hydrogens is 446 g/mol. The fourth-order valence-corrected chi connectivity index (χ4v) is 4.27. The van der Waals surface area contributed by atoms with E-state index in [0.29, 0.717) is 18.0 Å². The maximum Gasteiger partial charge on any atom is 0.265 e. The lowest BCUT2D eigenvalue weighted by atomic mass is 10.1. The highest BCUT2D eigenvalue weighted by atomic mass is 79.9. The van der Waals surface area contributed by atoms with E-state index in [0.717, 1.165) is 23.1 Å². The van der Waals surface area contributed by atoms with E-state index in [1.807, 2.05) is 12.1 Å². The number of fused-ring (bicyclic) bond motifs is 1. The molecule has 0 unspecified atom stereocenters. The smallest absolute Gasteiger partial charge is 0.265 e. The van der Waals surface area contributed by atoms with Crippen molar-refractivity contribution in [2.45, 2.75) is 25.8 Å². The lowest BCUT2D eigenvalue weighted by molar-refractivity contribution is -0.131. The third kappa shape index (κ3) is 4.61. The predicted octanol–water partition coefficient (Wildman–Crippen LogP) is 3.82. The summed E-state index contributed by atoms with van der Waals surface area (Å²) in [6, 6.07) is 13.9. The summed E-state index contributed by atoms with van der Waals surface area (Å²) in [6.07, 6.45) is 3.81. The van der Waals surface area contributed by atoms with Crippen molar-refractivity contribution < 1.29 is 14.3 Å². The molecule has 2 aliphatic rings. The van der Waals surface area contributed by atoms with Crippen LogP contribution in [0.5, 0.6) is 5.75 Å². The summed E-state index contributed by atoms with van der Waals surface area (Å²) in [4.78, 5) is 30.8. The highest BCUT2D eigenvalue weighted by Gasteiger charge is 2.28. The quantitative estimate of drug-likeness (QED) is 0.664. The normalized spacial score (nSPS) is 16.1. The average molecular weight is 472 g/mol. The van der Waals surface area contributed by atoms with Gasteiger partial charge in [0.05, 0.1) is 5.69 Å². The molecule has 30 heavy (non-hydrogen) atoms. The van der Waals surface area contributed by atoms with E-state index in [2.05, 4.69) is 45.1 Å². The Morgan fingerprint density at radius 1 is 1.10 bits per heavy atom. The fourth-order valence-electron chi connectivity index (χ4n) is 3.93. The number of carbonyl (C=O) groups excluding carboxylic acids is 2. The van der Waals surface area contributed by atoms with Crippen LogP contribution in [0, 0.1) is 0 Å². The number of amides is 2. The zero-order valence-corrected chi connectivity index (χ0v) is 18.7. The van der Waals surface area contributed by atoms with Crippen molar-refractivity contribution in [2.24, 2.45) is 0 Å². The molecule has 0 spiro atoms. The van der Waals surface area contributed by atoms with Crippen LogP contribution in [-0.4, -0.2) is 50.0 Å². The summed E-state index contributed by atoms with van der Waals surface area (Å²) in [5, 5.41) is 0. The number of carbonyl (C=O) groups is 2. The number of anilines is 2. The molecule has 4 rings (SSSR count). The highest BCUT2D eigenvalue weighted by Crippen LogP contribution is 2.34. The van der Waals surface area contributed by atoms with E-state index < -0.39 is 0 Å². The number of piperidine rings is 1. The Labute approximate surface area is 185 Å². The molecule has 7 heteroatoms. The first-order valence-corrected chi connectivity index (χ1v) is 11.1. The van der Waals surface area contributed by atoms with Gasteiger partial charge in [0.1, 0.15) is 12.3 Å². The summed E-state index contributed by atoms with van der Waals surface area (Å²) in [5.74, 6) is 0.282. The summed E-state index contributed by atoms with van der Waals surface area (Å²) < 4.78 is 6.36. The standard InChI is InChI=1S/C23H26BrN3O3/c1-25(14-17-5-8-19(9-6-17)26-11-3-2-4-12-26)22(28)15-27-20-10-7-18(24)13-21(20)30-16-23(27)29/h5-10,13H,2-4,11-12,14-16H2,1H3. The van der Waals surface area contributed by atoms with E-state index >= 15 is 0 Å². The summed E-state index contributed by atoms with van der Waals surface area (Å²) in [7, 11) is 1.77. The molecule has 0 radical (unpaired) electrons. The third-order valence-electron chi connectivity index (χ3n) is 5.66. The van der Waals surface area contributed by atoms with E-state index in [9.17, 15) is 9.59 Å². The second kappa shape index (κ2) is 9.08. The molecule has 0 bridgehead atoms. The minimum absolute atomic E-state index is 0.000806. The lowest BCUT2D eigenvalue weighted by Crippen LogP contribution is -2.45. The Hall–Kier alpha value is -2.54. The van der Waals surface area contributed by atoms with Gasteiger partial charge < -0.3 is 14.5 Å². The number of halogens is 1. The van der Waals surface area contributed by atoms with Gasteiger partial charge in [0.2, 0.25) is 5.91 Å². The van der Waals surface area contributed by atoms with Crippen LogP contribution in [0.4, 0.5) is 11.4 Å². The maximum atomic E-state index is 12.8.